The minimum atomic E-state index is -0.641. The molecule has 1 fully saturated rings. The molecule has 3 aromatic rings. The van der Waals surface area contributed by atoms with E-state index in [2.05, 4.69) is 31.8 Å². The van der Waals surface area contributed by atoms with Crippen molar-refractivity contribution in [2.45, 2.75) is 38.8 Å². The van der Waals surface area contributed by atoms with Crippen LogP contribution in [0, 0.1) is 11.6 Å². The zero-order valence-electron chi connectivity index (χ0n) is 22.1. The average Bonchev–Trinajstić information content (AvgIpc) is 2.91. The number of aliphatic hydroxyl groups excluding tert-OH is 1. The molecule has 2 unspecified atom stereocenters. The molecule has 2 aromatic heterocycles. The van der Waals surface area contributed by atoms with Gasteiger partial charge in [-0.2, -0.15) is 0 Å². The summed E-state index contributed by atoms with van der Waals surface area (Å²) in [6.07, 6.45) is 3.32. The molecule has 202 valence electrons. The molecule has 2 aliphatic rings. The summed E-state index contributed by atoms with van der Waals surface area (Å²) in [5, 5.41) is 10.3. The molecule has 38 heavy (non-hydrogen) atoms. The fourth-order valence-electron chi connectivity index (χ4n) is 5.23. The third-order valence-electron chi connectivity index (χ3n) is 7.37. The first-order valence-electron chi connectivity index (χ1n) is 13.1. The molecule has 1 aromatic carbocycles. The quantitative estimate of drug-likeness (QED) is 0.503. The fraction of sp³-hybridized carbons (Fsp3) is 0.464. The van der Waals surface area contributed by atoms with Gasteiger partial charge in [-0.05, 0) is 44.7 Å². The van der Waals surface area contributed by atoms with Crippen LogP contribution in [0.15, 0.2) is 36.7 Å². The second-order valence-corrected chi connectivity index (χ2v) is 10.0. The van der Waals surface area contributed by atoms with Gasteiger partial charge >= 0.3 is 0 Å². The van der Waals surface area contributed by atoms with Gasteiger partial charge in [-0.1, -0.05) is 6.92 Å². The van der Waals surface area contributed by atoms with Crippen molar-refractivity contribution in [2.75, 3.05) is 56.2 Å². The summed E-state index contributed by atoms with van der Waals surface area (Å²) in [6.45, 7) is 8.42. The number of hydrogen-bond donors (Lipinski definition) is 1. The molecule has 1 saturated heterocycles. The third kappa shape index (κ3) is 5.42. The summed E-state index contributed by atoms with van der Waals surface area (Å²) in [6, 6.07) is 6.68. The molecule has 2 atom stereocenters. The van der Waals surface area contributed by atoms with E-state index in [1.54, 1.807) is 13.0 Å². The van der Waals surface area contributed by atoms with Crippen LogP contribution in [0.3, 0.4) is 0 Å². The van der Waals surface area contributed by atoms with E-state index in [1.165, 1.54) is 6.07 Å². The number of likely N-dealkylation sites (N-methyl/N-ethyl adjacent to an activating group) is 1. The lowest BCUT2D eigenvalue weighted by molar-refractivity contribution is 0.150. The van der Waals surface area contributed by atoms with Crippen LogP contribution in [0.1, 0.15) is 31.8 Å². The fourth-order valence-corrected chi connectivity index (χ4v) is 5.23. The summed E-state index contributed by atoms with van der Waals surface area (Å²) in [7, 11) is 2.12. The maximum Gasteiger partial charge on any atom is 0.178 e. The van der Waals surface area contributed by atoms with Crippen molar-refractivity contribution in [1.82, 2.24) is 19.9 Å². The number of rotatable bonds is 7. The van der Waals surface area contributed by atoms with Gasteiger partial charge in [-0.3, -0.25) is 4.98 Å². The van der Waals surface area contributed by atoms with Gasteiger partial charge in [0, 0.05) is 37.4 Å². The van der Waals surface area contributed by atoms with Crippen molar-refractivity contribution < 1.29 is 18.6 Å². The Labute approximate surface area is 221 Å². The molecular formula is C28H34F2N6O2. The number of hydrogen-bond acceptors (Lipinski definition) is 8. The molecule has 0 radical (unpaired) electrons. The van der Waals surface area contributed by atoms with E-state index in [-0.39, 0.29) is 23.0 Å². The molecule has 0 amide bonds. The molecule has 4 heterocycles. The highest BCUT2D eigenvalue weighted by atomic mass is 19.1. The van der Waals surface area contributed by atoms with Crippen LogP contribution in [-0.4, -0.2) is 83.5 Å². The summed E-state index contributed by atoms with van der Waals surface area (Å²) >= 11 is 0. The molecule has 0 aliphatic carbocycles. The summed E-state index contributed by atoms with van der Waals surface area (Å²) in [5.74, 6) is -0.734. The number of aromatic nitrogens is 3. The third-order valence-corrected chi connectivity index (χ3v) is 7.37. The number of pyridine rings is 1. The van der Waals surface area contributed by atoms with Gasteiger partial charge in [-0.15, -0.1) is 0 Å². The first-order chi connectivity index (χ1) is 18.3. The monoisotopic (exact) mass is 524 g/mol. The van der Waals surface area contributed by atoms with Crippen molar-refractivity contribution in [3.8, 4) is 17.0 Å². The van der Waals surface area contributed by atoms with Crippen molar-refractivity contribution in [3.63, 3.8) is 0 Å². The second-order valence-electron chi connectivity index (χ2n) is 10.0. The van der Waals surface area contributed by atoms with Crippen LogP contribution < -0.4 is 14.5 Å². The molecule has 0 saturated carbocycles. The van der Waals surface area contributed by atoms with Gasteiger partial charge in [-0.25, -0.2) is 18.7 Å². The molecule has 2 aliphatic heterocycles. The Balaban J connectivity index is 1.40. The second kappa shape index (κ2) is 11.2. The molecule has 1 N–H and O–H groups in total. The zero-order chi connectivity index (χ0) is 26.8. The summed E-state index contributed by atoms with van der Waals surface area (Å²) in [4.78, 5) is 19.7. The van der Waals surface area contributed by atoms with Gasteiger partial charge in [0.05, 0.1) is 48.9 Å². The first-order valence-corrected chi connectivity index (χ1v) is 13.1. The van der Waals surface area contributed by atoms with E-state index in [0.29, 0.717) is 37.5 Å². The number of aliphatic hydroxyl groups is 1. The van der Waals surface area contributed by atoms with E-state index in [9.17, 15) is 9.50 Å². The van der Waals surface area contributed by atoms with E-state index >= 15 is 4.39 Å². The zero-order valence-corrected chi connectivity index (χ0v) is 22.1. The van der Waals surface area contributed by atoms with E-state index in [4.69, 9.17) is 4.74 Å². The Bertz CT molecular complexity index is 1260. The maximum absolute atomic E-state index is 15.2. The topological polar surface area (TPSA) is 77.9 Å². The predicted molar refractivity (Wildman–Crippen MR) is 143 cm³/mol. The molecule has 0 bridgehead atoms. The normalized spacial score (nSPS) is 17.6. The highest BCUT2D eigenvalue weighted by Crippen LogP contribution is 2.40. The Morgan fingerprint density at radius 1 is 1.03 bits per heavy atom. The van der Waals surface area contributed by atoms with Crippen LogP contribution >= 0.6 is 0 Å². The van der Waals surface area contributed by atoms with Gasteiger partial charge in [0.15, 0.2) is 17.4 Å². The Hall–Kier alpha value is -3.37. The summed E-state index contributed by atoms with van der Waals surface area (Å²) < 4.78 is 35.7. The Kier molecular flexibility index (Phi) is 7.71. The van der Waals surface area contributed by atoms with Crippen LogP contribution in [0.4, 0.5) is 20.2 Å². The Morgan fingerprint density at radius 2 is 1.82 bits per heavy atom. The largest absolute Gasteiger partial charge is 0.486 e. The van der Waals surface area contributed by atoms with Crippen LogP contribution in [0.25, 0.3) is 11.3 Å². The highest BCUT2D eigenvalue weighted by molar-refractivity contribution is 5.72. The number of piperazine rings is 1. The van der Waals surface area contributed by atoms with Crippen molar-refractivity contribution in [2.24, 2.45) is 0 Å². The standard InChI is InChI=1S/C28H34F2N6O2/c1-4-24(18(2)37)36-11-12-38-28-22(29)13-19(14-25(28)36)27-23(30)17-32-26(33-27)15-20-5-6-21(16-31-20)35-9-7-34(3)8-10-35/h5-6,13-14,16-18,24,37H,4,7-12,15H2,1-3H3. The Morgan fingerprint density at radius 3 is 2.50 bits per heavy atom. The molecule has 5 rings (SSSR count). The van der Waals surface area contributed by atoms with Crippen molar-refractivity contribution >= 4 is 11.4 Å². The van der Waals surface area contributed by atoms with E-state index in [1.807, 2.05) is 30.2 Å². The smallest absolute Gasteiger partial charge is 0.178 e. The van der Waals surface area contributed by atoms with Gasteiger partial charge in [0.1, 0.15) is 18.1 Å². The molecule has 10 heteroatoms. The van der Waals surface area contributed by atoms with E-state index < -0.39 is 17.7 Å². The average molecular weight is 525 g/mol. The number of halogens is 2. The lowest BCUT2D eigenvalue weighted by Crippen LogP contribution is -2.46. The number of fused-ring (bicyclic) bond motifs is 1. The molecule has 0 spiro atoms. The van der Waals surface area contributed by atoms with Crippen molar-refractivity contribution in [1.29, 1.82) is 0 Å². The maximum atomic E-state index is 15.2. The minimum absolute atomic E-state index is 0.0152. The van der Waals surface area contributed by atoms with Gasteiger partial charge in [0.2, 0.25) is 0 Å². The number of anilines is 2. The lowest BCUT2D eigenvalue weighted by Gasteiger charge is -2.39. The highest BCUT2D eigenvalue weighted by Gasteiger charge is 2.30. The molecular weight excluding hydrogens is 490 g/mol. The number of benzene rings is 1. The number of nitrogens with zero attached hydrogens (tertiary/aromatic N) is 6. The summed E-state index contributed by atoms with van der Waals surface area (Å²) in [5.41, 5.74) is 2.62. The molecule has 8 nitrogen and oxygen atoms in total. The predicted octanol–water partition coefficient (Wildman–Crippen LogP) is 3.52. The van der Waals surface area contributed by atoms with Crippen molar-refractivity contribution in [3.05, 3.63) is 59.8 Å². The minimum Gasteiger partial charge on any atom is -0.486 e. The van der Waals surface area contributed by atoms with Crippen LogP contribution in [-0.2, 0) is 6.42 Å². The SMILES string of the molecule is CCC(C(C)O)N1CCOc2c(F)cc(-c3nc(Cc4ccc(N5CCN(C)CC5)cn4)ncc3F)cc21. The lowest BCUT2D eigenvalue weighted by atomic mass is 10.0. The first kappa shape index (κ1) is 26.2. The van der Waals surface area contributed by atoms with Crippen LogP contribution in [0.5, 0.6) is 5.75 Å². The van der Waals surface area contributed by atoms with E-state index in [0.717, 1.165) is 43.8 Å². The van der Waals surface area contributed by atoms with Gasteiger partial charge in [0.25, 0.3) is 0 Å². The number of ether oxygens (including phenoxy) is 1. The van der Waals surface area contributed by atoms with Gasteiger partial charge < -0.3 is 24.5 Å². The van der Waals surface area contributed by atoms with Crippen LogP contribution in [0.2, 0.25) is 0 Å².